The van der Waals surface area contributed by atoms with Crippen molar-refractivity contribution >= 4 is 17.7 Å². The highest BCUT2D eigenvalue weighted by atomic mass is 19.1. The number of benzene rings is 2. The Morgan fingerprint density at radius 3 is 2.38 bits per heavy atom. The zero-order valence-electron chi connectivity index (χ0n) is 14.2. The number of carbonyl (C=O) groups is 2. The van der Waals surface area contributed by atoms with E-state index in [1.807, 2.05) is 0 Å². The molecule has 2 unspecified atom stereocenters. The molecule has 0 radical (unpaired) electrons. The van der Waals surface area contributed by atoms with Crippen LogP contribution in [0.5, 0.6) is 0 Å². The average molecular weight is 358 g/mol. The van der Waals surface area contributed by atoms with Crippen LogP contribution in [0.3, 0.4) is 0 Å². The number of nitrogens with zero attached hydrogens (tertiary/aromatic N) is 1. The molecule has 1 saturated heterocycles. The van der Waals surface area contributed by atoms with E-state index in [0.717, 1.165) is 0 Å². The van der Waals surface area contributed by atoms with Crippen LogP contribution in [0.15, 0.2) is 48.5 Å². The number of nitrogens with one attached hydrogen (secondary N) is 1. The monoisotopic (exact) mass is 358 g/mol. The summed E-state index contributed by atoms with van der Waals surface area (Å²) < 4.78 is 18.2. The second-order valence-electron chi connectivity index (χ2n) is 6.10. The molecule has 1 aliphatic heterocycles. The van der Waals surface area contributed by atoms with Crippen molar-refractivity contribution in [2.75, 3.05) is 18.0 Å². The van der Waals surface area contributed by atoms with Crippen molar-refractivity contribution in [2.45, 2.75) is 19.1 Å². The Morgan fingerprint density at radius 2 is 1.81 bits per heavy atom. The summed E-state index contributed by atoms with van der Waals surface area (Å²) in [5.74, 6) is -0.545. The molecular weight excluding hydrogens is 339 g/mol. The van der Waals surface area contributed by atoms with Gasteiger partial charge in [0.2, 0.25) is 5.91 Å². The molecule has 136 valence electrons. The van der Waals surface area contributed by atoms with Crippen molar-refractivity contribution in [2.24, 2.45) is 0 Å². The molecule has 0 spiro atoms. The lowest BCUT2D eigenvalue weighted by Gasteiger charge is -2.16. The van der Waals surface area contributed by atoms with Crippen LogP contribution in [0.25, 0.3) is 0 Å². The molecule has 0 bridgehead atoms. The molecular formula is C19H19FN2O4. The molecule has 6 nitrogen and oxygen atoms in total. The third-order valence-electron chi connectivity index (χ3n) is 4.16. The van der Waals surface area contributed by atoms with Gasteiger partial charge in [0.25, 0.3) is 0 Å². The summed E-state index contributed by atoms with van der Waals surface area (Å²) in [7, 11) is 0. The zero-order chi connectivity index (χ0) is 18.7. The number of hydrogen-bond acceptors (Lipinski definition) is 4. The van der Waals surface area contributed by atoms with Gasteiger partial charge in [0.1, 0.15) is 18.0 Å². The molecule has 1 aliphatic rings. The van der Waals surface area contributed by atoms with Crippen LogP contribution in [0.2, 0.25) is 0 Å². The molecule has 7 heteroatoms. The van der Waals surface area contributed by atoms with E-state index in [0.29, 0.717) is 23.4 Å². The van der Waals surface area contributed by atoms with Crippen molar-refractivity contribution in [1.82, 2.24) is 5.32 Å². The van der Waals surface area contributed by atoms with Crippen molar-refractivity contribution in [1.29, 1.82) is 0 Å². The summed E-state index contributed by atoms with van der Waals surface area (Å²) in [4.78, 5) is 24.4. The fourth-order valence-corrected chi connectivity index (χ4v) is 2.77. The van der Waals surface area contributed by atoms with Gasteiger partial charge in [0, 0.05) is 12.6 Å². The maximum Gasteiger partial charge on any atom is 0.414 e. The molecule has 3 rings (SSSR count). The van der Waals surface area contributed by atoms with Gasteiger partial charge in [-0.05, 0) is 35.4 Å². The number of ether oxygens (including phenoxy) is 1. The van der Waals surface area contributed by atoms with Gasteiger partial charge in [-0.1, -0.05) is 24.3 Å². The minimum atomic E-state index is -0.886. The summed E-state index contributed by atoms with van der Waals surface area (Å²) in [5.41, 5.74) is 1.84. The van der Waals surface area contributed by atoms with Crippen LogP contribution in [0.4, 0.5) is 14.9 Å². The topological polar surface area (TPSA) is 78.9 Å². The van der Waals surface area contributed by atoms with E-state index in [-0.39, 0.29) is 18.3 Å². The van der Waals surface area contributed by atoms with Gasteiger partial charge in [0.05, 0.1) is 13.1 Å². The van der Waals surface area contributed by atoms with E-state index in [9.17, 15) is 19.1 Å². The summed E-state index contributed by atoms with van der Waals surface area (Å²) in [6.45, 7) is 2.00. The number of hydrogen-bond donors (Lipinski definition) is 2. The predicted molar refractivity (Wildman–Crippen MR) is 93.2 cm³/mol. The van der Waals surface area contributed by atoms with Gasteiger partial charge < -0.3 is 15.2 Å². The molecule has 26 heavy (non-hydrogen) atoms. The highest BCUT2D eigenvalue weighted by Gasteiger charge is 2.32. The van der Waals surface area contributed by atoms with Gasteiger partial charge in [-0.15, -0.1) is 0 Å². The quantitative estimate of drug-likeness (QED) is 0.860. The Balaban J connectivity index is 1.68. The molecule has 1 fully saturated rings. The van der Waals surface area contributed by atoms with Gasteiger partial charge in [-0.3, -0.25) is 9.69 Å². The first-order valence-corrected chi connectivity index (χ1v) is 8.20. The Labute approximate surface area is 150 Å². The highest BCUT2D eigenvalue weighted by Crippen LogP contribution is 2.26. The van der Waals surface area contributed by atoms with Crippen molar-refractivity contribution < 1.29 is 23.8 Å². The van der Waals surface area contributed by atoms with Crippen LogP contribution in [0.1, 0.15) is 24.2 Å². The minimum Gasteiger partial charge on any atom is -0.442 e. The number of anilines is 1. The lowest BCUT2D eigenvalue weighted by molar-refractivity contribution is -0.119. The Hall–Kier alpha value is -2.93. The van der Waals surface area contributed by atoms with E-state index >= 15 is 0 Å². The third-order valence-corrected chi connectivity index (χ3v) is 4.16. The normalized spacial score (nSPS) is 17.7. The number of cyclic esters (lactones) is 1. The predicted octanol–water partition coefficient (Wildman–Crippen LogP) is 2.37. The Bertz CT molecular complexity index is 792. The summed E-state index contributed by atoms with van der Waals surface area (Å²) in [6.07, 6.45) is -1.77. The standard InChI is InChI=1S/C19H19FN2O4/c1-12(23)21-10-17-11-22(19(25)26-17)16-8-4-14(5-9-16)18(24)13-2-6-15(20)7-3-13/h2-9,17-18,24H,10-11H2,1H3,(H,21,23). The third kappa shape index (κ3) is 4.00. The lowest BCUT2D eigenvalue weighted by atomic mass is 10.0. The van der Waals surface area contributed by atoms with Gasteiger partial charge in [0.15, 0.2) is 0 Å². The minimum absolute atomic E-state index is 0.182. The van der Waals surface area contributed by atoms with Crippen LogP contribution >= 0.6 is 0 Å². The van der Waals surface area contributed by atoms with Crippen LogP contribution in [0, 0.1) is 5.82 Å². The maximum atomic E-state index is 13.0. The van der Waals surface area contributed by atoms with E-state index in [2.05, 4.69) is 5.32 Å². The summed E-state index contributed by atoms with van der Waals surface area (Å²) in [5, 5.41) is 13.0. The van der Waals surface area contributed by atoms with Crippen LogP contribution < -0.4 is 10.2 Å². The lowest BCUT2D eigenvalue weighted by Crippen LogP contribution is -2.33. The van der Waals surface area contributed by atoms with Crippen LogP contribution in [-0.2, 0) is 9.53 Å². The first-order chi connectivity index (χ1) is 12.4. The molecule has 2 aromatic carbocycles. The van der Waals surface area contributed by atoms with E-state index in [4.69, 9.17) is 4.74 Å². The van der Waals surface area contributed by atoms with Gasteiger partial charge in [-0.25, -0.2) is 9.18 Å². The van der Waals surface area contributed by atoms with Crippen molar-refractivity contribution in [3.63, 3.8) is 0 Å². The number of amides is 2. The zero-order valence-corrected chi connectivity index (χ0v) is 14.2. The van der Waals surface area contributed by atoms with E-state index in [1.54, 1.807) is 24.3 Å². The molecule has 2 amide bonds. The first-order valence-electron chi connectivity index (χ1n) is 8.20. The molecule has 0 saturated carbocycles. The van der Waals surface area contributed by atoms with Gasteiger partial charge in [-0.2, -0.15) is 0 Å². The molecule has 0 aromatic heterocycles. The largest absolute Gasteiger partial charge is 0.442 e. The second kappa shape index (κ2) is 7.53. The van der Waals surface area contributed by atoms with E-state index in [1.165, 1.54) is 36.1 Å². The Morgan fingerprint density at radius 1 is 1.23 bits per heavy atom. The fraction of sp³-hybridized carbons (Fsp3) is 0.263. The number of carbonyl (C=O) groups excluding carboxylic acids is 2. The SMILES string of the molecule is CC(=O)NCC1CN(c2ccc(C(O)c3ccc(F)cc3)cc2)C(=O)O1. The average Bonchev–Trinajstić information content (AvgIpc) is 3.01. The molecule has 2 atom stereocenters. The van der Waals surface area contributed by atoms with E-state index < -0.39 is 18.3 Å². The molecule has 2 aromatic rings. The molecule has 0 aliphatic carbocycles. The summed E-state index contributed by atoms with van der Waals surface area (Å²) >= 11 is 0. The first kappa shape index (κ1) is 17.9. The summed E-state index contributed by atoms with van der Waals surface area (Å²) in [6, 6.07) is 12.5. The smallest absolute Gasteiger partial charge is 0.414 e. The maximum absolute atomic E-state index is 13.0. The Kier molecular flexibility index (Phi) is 5.18. The van der Waals surface area contributed by atoms with Gasteiger partial charge >= 0.3 is 6.09 Å². The fourth-order valence-electron chi connectivity index (χ4n) is 2.77. The molecule has 2 N–H and O–H groups in total. The molecule has 1 heterocycles. The number of aliphatic hydroxyl groups is 1. The number of halogens is 1. The number of rotatable bonds is 5. The van der Waals surface area contributed by atoms with Crippen molar-refractivity contribution in [3.05, 3.63) is 65.5 Å². The highest BCUT2D eigenvalue weighted by molar-refractivity contribution is 5.89. The van der Waals surface area contributed by atoms with Crippen LogP contribution in [-0.4, -0.2) is 36.3 Å². The number of aliphatic hydroxyl groups excluding tert-OH is 1. The van der Waals surface area contributed by atoms with Crippen molar-refractivity contribution in [3.8, 4) is 0 Å². The second-order valence-corrected chi connectivity index (χ2v) is 6.10.